The van der Waals surface area contributed by atoms with Crippen molar-refractivity contribution in [3.05, 3.63) is 59.7 Å². The van der Waals surface area contributed by atoms with Crippen LogP contribution in [0.5, 0.6) is 0 Å². The second-order valence-electron chi connectivity index (χ2n) is 6.93. The molecule has 0 bridgehead atoms. The van der Waals surface area contributed by atoms with Gasteiger partial charge >= 0.3 is 5.97 Å². The molecule has 2 aromatic carbocycles. The van der Waals surface area contributed by atoms with Crippen LogP contribution in [0.25, 0.3) is 11.1 Å². The number of fused-ring (bicyclic) bond motifs is 3. The largest absolute Gasteiger partial charge is 0.549 e. The van der Waals surface area contributed by atoms with Crippen molar-refractivity contribution >= 4 is 11.9 Å². The van der Waals surface area contributed by atoms with Gasteiger partial charge < -0.3 is 20.4 Å². The summed E-state index contributed by atoms with van der Waals surface area (Å²) in [5, 5.41) is 11.4. The summed E-state index contributed by atoms with van der Waals surface area (Å²) in [7, 11) is 0. The highest BCUT2D eigenvalue weighted by Crippen LogP contribution is 2.44. The van der Waals surface area contributed by atoms with Gasteiger partial charge in [-0.3, -0.25) is 4.79 Å². The van der Waals surface area contributed by atoms with Crippen LogP contribution in [0.3, 0.4) is 0 Å². The lowest BCUT2D eigenvalue weighted by Crippen LogP contribution is -2.50. The van der Waals surface area contributed by atoms with Gasteiger partial charge in [-0.15, -0.1) is 0 Å². The summed E-state index contributed by atoms with van der Waals surface area (Å²) in [6, 6.07) is 16.1. The summed E-state index contributed by atoms with van der Waals surface area (Å²) in [5.74, 6) is -3.34. The molecule has 0 spiro atoms. The molecule has 3 rings (SSSR count). The number of hydrogen-bond acceptors (Lipinski definition) is 4. The molecule has 0 aliphatic heterocycles. The Labute approximate surface area is 159 Å². The third kappa shape index (κ3) is 4.19. The third-order valence-corrected chi connectivity index (χ3v) is 5.17. The maximum atomic E-state index is 12.4. The van der Waals surface area contributed by atoms with Crippen molar-refractivity contribution in [3.8, 4) is 11.1 Å². The second kappa shape index (κ2) is 8.82. The van der Waals surface area contributed by atoms with Crippen LogP contribution in [0, 0.1) is 5.92 Å². The molecule has 0 aromatic heterocycles. The lowest BCUT2D eigenvalue weighted by Gasteiger charge is -2.19. The van der Waals surface area contributed by atoms with Crippen LogP contribution >= 0.6 is 0 Å². The number of carboxylic acid groups (broad SMARTS) is 1. The fourth-order valence-corrected chi connectivity index (χ4v) is 3.74. The summed E-state index contributed by atoms with van der Waals surface area (Å²) in [5.41, 5.74) is 8.25. The minimum absolute atomic E-state index is 0.0741. The van der Waals surface area contributed by atoms with Crippen molar-refractivity contribution in [3.63, 3.8) is 0 Å². The van der Waals surface area contributed by atoms with Crippen molar-refractivity contribution in [1.29, 1.82) is 0 Å². The zero-order valence-electron chi connectivity index (χ0n) is 15.4. The molecule has 0 amide bonds. The van der Waals surface area contributed by atoms with Gasteiger partial charge in [-0.05, 0) is 41.5 Å². The fourth-order valence-electron chi connectivity index (χ4n) is 3.74. The number of quaternary nitrogens is 1. The summed E-state index contributed by atoms with van der Waals surface area (Å²) in [6.07, 6.45) is 2.67. The Bertz CT molecular complexity index is 772. The molecule has 0 saturated heterocycles. The van der Waals surface area contributed by atoms with Gasteiger partial charge in [0.25, 0.3) is 0 Å². The van der Waals surface area contributed by atoms with Crippen molar-refractivity contribution in [1.82, 2.24) is 0 Å². The molecule has 1 aliphatic carbocycles. The molecule has 0 unspecified atom stereocenters. The van der Waals surface area contributed by atoms with Gasteiger partial charge in [0.15, 0.2) is 0 Å². The Hall–Kier alpha value is -2.66. The highest BCUT2D eigenvalue weighted by molar-refractivity contribution is 5.93. The molecule has 0 fully saturated rings. The summed E-state index contributed by atoms with van der Waals surface area (Å²) in [4.78, 5) is 23.7. The van der Waals surface area contributed by atoms with Gasteiger partial charge in [0.1, 0.15) is 6.61 Å². The molecule has 0 heterocycles. The van der Waals surface area contributed by atoms with E-state index in [2.05, 4.69) is 17.9 Å². The Morgan fingerprint density at radius 3 is 2.11 bits per heavy atom. The molecule has 2 aromatic rings. The lowest BCUT2D eigenvalue weighted by atomic mass is 9.97. The van der Waals surface area contributed by atoms with Gasteiger partial charge in [-0.1, -0.05) is 55.0 Å². The first-order valence-electron chi connectivity index (χ1n) is 9.48. The number of unbranched alkanes of at least 4 members (excludes halogenated alkanes) is 2. The summed E-state index contributed by atoms with van der Waals surface area (Å²) < 4.78 is 5.45. The number of esters is 1. The number of carbonyl (C=O) groups is 2. The first kappa shape index (κ1) is 19.1. The van der Waals surface area contributed by atoms with E-state index in [-0.39, 0.29) is 18.9 Å². The minimum Gasteiger partial charge on any atom is -0.549 e. The van der Waals surface area contributed by atoms with Crippen LogP contribution in [-0.2, 0) is 14.3 Å². The number of carboxylic acids is 1. The molecule has 1 aliphatic rings. The standard InChI is InChI=1S/C22H25NO4/c23-13-7-1-2-12-19(21(24)25)22(26)27-14-20-17-10-5-3-8-15(17)16-9-4-6-11-18(16)20/h3-6,8-11,19-20H,1-2,7,12-14,23H2,(H,24,25)/t19-/m0/s1. The maximum Gasteiger partial charge on any atom is 0.314 e. The molecule has 5 nitrogen and oxygen atoms in total. The Balaban J connectivity index is 1.68. The SMILES string of the molecule is [NH3+]CCCCC[C@@H](C(=O)[O-])C(=O)OCC1c2ccccc2-c2ccccc21. The minimum atomic E-state index is -1.36. The van der Waals surface area contributed by atoms with Crippen molar-refractivity contribution < 1.29 is 25.2 Å². The normalized spacial score (nSPS) is 13.7. The number of ether oxygens (including phenoxy) is 1. The maximum absolute atomic E-state index is 12.4. The number of hydrogen-bond donors (Lipinski definition) is 1. The van der Waals surface area contributed by atoms with Crippen molar-refractivity contribution in [2.45, 2.75) is 31.6 Å². The average Bonchev–Trinajstić information content (AvgIpc) is 3.00. The van der Waals surface area contributed by atoms with E-state index in [1.165, 1.54) is 0 Å². The first-order valence-corrected chi connectivity index (χ1v) is 9.48. The highest BCUT2D eigenvalue weighted by Gasteiger charge is 2.30. The Morgan fingerprint density at radius 1 is 0.963 bits per heavy atom. The van der Waals surface area contributed by atoms with Crippen molar-refractivity contribution in [2.75, 3.05) is 13.2 Å². The van der Waals surface area contributed by atoms with E-state index < -0.39 is 17.9 Å². The Kier molecular flexibility index (Phi) is 6.24. The van der Waals surface area contributed by atoms with Gasteiger partial charge in [-0.25, -0.2) is 0 Å². The van der Waals surface area contributed by atoms with Gasteiger partial charge in [0, 0.05) is 5.92 Å². The van der Waals surface area contributed by atoms with Gasteiger partial charge in [-0.2, -0.15) is 0 Å². The van der Waals surface area contributed by atoms with Crippen LogP contribution in [0.2, 0.25) is 0 Å². The van der Waals surface area contributed by atoms with Gasteiger partial charge in [0.2, 0.25) is 0 Å². The van der Waals surface area contributed by atoms with E-state index in [1.54, 1.807) is 0 Å². The molecular formula is C22H25NO4. The fraction of sp³-hybridized carbons (Fsp3) is 0.364. The smallest absolute Gasteiger partial charge is 0.314 e. The predicted octanol–water partition coefficient (Wildman–Crippen LogP) is 1.51. The molecule has 142 valence electrons. The molecule has 5 heteroatoms. The third-order valence-electron chi connectivity index (χ3n) is 5.17. The average molecular weight is 367 g/mol. The predicted molar refractivity (Wildman–Crippen MR) is 99.4 cm³/mol. The van der Waals surface area contributed by atoms with Crippen molar-refractivity contribution in [2.24, 2.45) is 5.92 Å². The molecule has 1 atom stereocenters. The topological polar surface area (TPSA) is 94.1 Å². The molecular weight excluding hydrogens is 342 g/mol. The number of rotatable bonds is 9. The zero-order valence-corrected chi connectivity index (χ0v) is 15.4. The Morgan fingerprint density at radius 2 is 1.56 bits per heavy atom. The molecule has 0 radical (unpaired) electrons. The van der Waals surface area contributed by atoms with Crippen LogP contribution < -0.4 is 10.8 Å². The quantitative estimate of drug-likeness (QED) is 0.413. The molecule has 0 saturated carbocycles. The number of benzene rings is 2. The van der Waals surface area contributed by atoms with E-state index in [4.69, 9.17) is 4.74 Å². The van der Waals surface area contributed by atoms with E-state index >= 15 is 0 Å². The van der Waals surface area contributed by atoms with Crippen LogP contribution in [-0.4, -0.2) is 25.1 Å². The summed E-state index contributed by atoms with van der Waals surface area (Å²) in [6.45, 7) is 0.941. The first-order chi connectivity index (χ1) is 13.1. The number of aliphatic carboxylic acids is 1. The highest BCUT2D eigenvalue weighted by atomic mass is 16.5. The lowest BCUT2D eigenvalue weighted by molar-refractivity contribution is -0.368. The van der Waals surface area contributed by atoms with Crippen LogP contribution in [0.15, 0.2) is 48.5 Å². The number of carbonyl (C=O) groups excluding carboxylic acids is 2. The van der Waals surface area contributed by atoms with E-state index in [0.29, 0.717) is 6.42 Å². The molecule has 27 heavy (non-hydrogen) atoms. The van der Waals surface area contributed by atoms with Crippen LogP contribution in [0.1, 0.15) is 42.7 Å². The monoisotopic (exact) mass is 367 g/mol. The molecule has 3 N–H and O–H groups in total. The van der Waals surface area contributed by atoms with E-state index in [9.17, 15) is 14.7 Å². The van der Waals surface area contributed by atoms with E-state index in [1.807, 2.05) is 36.4 Å². The van der Waals surface area contributed by atoms with Crippen LogP contribution in [0.4, 0.5) is 0 Å². The van der Waals surface area contributed by atoms with Gasteiger partial charge in [0.05, 0.1) is 18.4 Å². The second-order valence-corrected chi connectivity index (χ2v) is 6.93. The van der Waals surface area contributed by atoms with E-state index in [0.717, 1.165) is 41.6 Å². The zero-order chi connectivity index (χ0) is 19.2. The summed E-state index contributed by atoms with van der Waals surface area (Å²) >= 11 is 0.